The number of carbonyl (C=O) groups excluding carboxylic acids is 2. The third-order valence-electron chi connectivity index (χ3n) is 4.04. The number of hydrogen-bond acceptors (Lipinski definition) is 3. The van der Waals surface area contributed by atoms with E-state index in [0.717, 1.165) is 12.1 Å². The molecule has 2 aromatic rings. The van der Waals surface area contributed by atoms with Gasteiger partial charge < -0.3 is 10.2 Å². The van der Waals surface area contributed by atoms with Crippen LogP contribution >= 0.6 is 11.3 Å². The van der Waals surface area contributed by atoms with E-state index in [1.807, 2.05) is 52.7 Å². The first-order valence-corrected chi connectivity index (χ1v) is 8.75. The summed E-state index contributed by atoms with van der Waals surface area (Å²) in [6.07, 6.45) is 1.78. The van der Waals surface area contributed by atoms with Crippen molar-refractivity contribution in [1.29, 1.82) is 0 Å². The van der Waals surface area contributed by atoms with Gasteiger partial charge in [0.1, 0.15) is 0 Å². The van der Waals surface area contributed by atoms with Crippen molar-refractivity contribution < 1.29 is 9.59 Å². The molecule has 3 rings (SSSR count). The Bertz CT molecular complexity index is 655. The average Bonchev–Trinajstić information content (AvgIpc) is 3.21. The van der Waals surface area contributed by atoms with Crippen molar-refractivity contribution in [2.45, 2.75) is 19.3 Å². The fourth-order valence-corrected chi connectivity index (χ4v) is 3.52. The average molecular weight is 328 g/mol. The van der Waals surface area contributed by atoms with Gasteiger partial charge in [-0.15, -0.1) is 11.3 Å². The van der Waals surface area contributed by atoms with Crippen LogP contribution in [0.15, 0.2) is 47.8 Å². The third-order valence-corrected chi connectivity index (χ3v) is 4.98. The van der Waals surface area contributed by atoms with Gasteiger partial charge in [0.15, 0.2) is 0 Å². The van der Waals surface area contributed by atoms with E-state index in [4.69, 9.17) is 0 Å². The summed E-state index contributed by atoms with van der Waals surface area (Å²) >= 11 is 1.68. The topological polar surface area (TPSA) is 49.4 Å². The molecule has 0 radical (unpaired) electrons. The zero-order valence-corrected chi connectivity index (χ0v) is 13.7. The highest BCUT2D eigenvalue weighted by Gasteiger charge is 2.30. The molecule has 5 heteroatoms. The Hall–Kier alpha value is -2.14. The van der Waals surface area contributed by atoms with Gasteiger partial charge in [-0.2, -0.15) is 0 Å². The van der Waals surface area contributed by atoms with Gasteiger partial charge in [-0.25, -0.2) is 0 Å². The molecule has 2 heterocycles. The lowest BCUT2D eigenvalue weighted by Crippen LogP contribution is -2.31. The minimum Gasteiger partial charge on any atom is -0.356 e. The summed E-state index contributed by atoms with van der Waals surface area (Å²) in [6.45, 7) is 1.24. The molecule has 1 atom stereocenters. The van der Waals surface area contributed by atoms with Crippen molar-refractivity contribution in [1.82, 2.24) is 5.32 Å². The molecule has 4 nitrogen and oxygen atoms in total. The molecule has 1 saturated heterocycles. The Morgan fingerprint density at radius 1 is 1.22 bits per heavy atom. The quantitative estimate of drug-likeness (QED) is 0.886. The molecule has 1 aliphatic rings. The first-order valence-electron chi connectivity index (χ1n) is 7.87. The summed E-state index contributed by atoms with van der Waals surface area (Å²) in [5.74, 6) is 0.381. The zero-order valence-electron chi connectivity index (χ0n) is 12.9. The Morgan fingerprint density at radius 2 is 2.04 bits per heavy atom. The molecule has 0 saturated carbocycles. The van der Waals surface area contributed by atoms with Gasteiger partial charge in [0.2, 0.25) is 11.8 Å². The van der Waals surface area contributed by atoms with Crippen LogP contribution in [0.4, 0.5) is 5.69 Å². The molecular formula is C18H20N2O2S. The summed E-state index contributed by atoms with van der Waals surface area (Å²) in [4.78, 5) is 27.1. The molecule has 120 valence electrons. The van der Waals surface area contributed by atoms with Crippen molar-refractivity contribution in [3.05, 3.63) is 52.7 Å². The van der Waals surface area contributed by atoms with E-state index in [2.05, 4.69) is 5.32 Å². The second kappa shape index (κ2) is 7.42. The third kappa shape index (κ3) is 4.20. The monoisotopic (exact) mass is 328 g/mol. The number of aryl methyl sites for hydroxylation is 1. The van der Waals surface area contributed by atoms with Crippen molar-refractivity contribution in [2.24, 2.45) is 5.92 Å². The van der Waals surface area contributed by atoms with E-state index in [0.29, 0.717) is 25.9 Å². The first kappa shape index (κ1) is 15.7. The van der Waals surface area contributed by atoms with Crippen LogP contribution in [-0.2, 0) is 16.0 Å². The molecule has 1 unspecified atom stereocenters. The maximum atomic E-state index is 12.1. The molecule has 1 fully saturated rings. The van der Waals surface area contributed by atoms with E-state index >= 15 is 0 Å². The Labute approximate surface area is 140 Å². The number of rotatable bonds is 6. The molecular weight excluding hydrogens is 308 g/mol. The molecule has 1 aromatic heterocycles. The molecule has 1 aromatic carbocycles. The predicted molar refractivity (Wildman–Crippen MR) is 92.6 cm³/mol. The molecule has 1 aliphatic heterocycles. The highest BCUT2D eigenvalue weighted by molar-refractivity contribution is 7.09. The van der Waals surface area contributed by atoms with E-state index < -0.39 is 0 Å². The zero-order chi connectivity index (χ0) is 16.1. The van der Waals surface area contributed by atoms with E-state index in [1.165, 1.54) is 4.88 Å². The summed E-state index contributed by atoms with van der Waals surface area (Å²) in [5.41, 5.74) is 0.934. The van der Waals surface area contributed by atoms with Gasteiger partial charge in [0, 0.05) is 42.4 Å². The van der Waals surface area contributed by atoms with Crippen LogP contribution in [0.1, 0.15) is 17.7 Å². The highest BCUT2D eigenvalue weighted by Crippen LogP contribution is 2.24. The van der Waals surface area contributed by atoms with E-state index in [1.54, 1.807) is 11.3 Å². The number of anilines is 1. The second-order valence-electron chi connectivity index (χ2n) is 5.79. The van der Waals surface area contributed by atoms with Gasteiger partial charge in [-0.05, 0) is 30.0 Å². The number of nitrogens with zero attached hydrogens (tertiary/aromatic N) is 1. The van der Waals surface area contributed by atoms with Crippen molar-refractivity contribution in [3.8, 4) is 0 Å². The smallest absolute Gasteiger partial charge is 0.227 e. The van der Waals surface area contributed by atoms with Crippen LogP contribution in [0, 0.1) is 5.92 Å². The van der Waals surface area contributed by atoms with Crippen LogP contribution in [0.25, 0.3) is 0 Å². The summed E-state index contributed by atoms with van der Waals surface area (Å²) < 4.78 is 0. The SMILES string of the molecule is O=C(CCc1cccs1)NCC1CC(=O)N(c2ccccc2)C1. The first-order chi connectivity index (χ1) is 11.2. The molecule has 1 N–H and O–H groups in total. The van der Waals surface area contributed by atoms with Gasteiger partial charge >= 0.3 is 0 Å². The molecule has 2 amide bonds. The van der Waals surface area contributed by atoms with Crippen LogP contribution in [0.2, 0.25) is 0 Å². The lowest BCUT2D eigenvalue weighted by atomic mass is 10.1. The standard InChI is InChI=1S/C18H20N2O2S/c21-17(9-8-16-7-4-10-23-16)19-12-14-11-18(22)20(13-14)15-5-2-1-3-6-15/h1-7,10,14H,8-9,11-13H2,(H,19,21). The second-order valence-corrected chi connectivity index (χ2v) is 6.83. The van der Waals surface area contributed by atoms with Crippen molar-refractivity contribution in [3.63, 3.8) is 0 Å². The number of carbonyl (C=O) groups is 2. The molecule has 0 bridgehead atoms. The fourth-order valence-electron chi connectivity index (χ4n) is 2.81. The number of amides is 2. The maximum Gasteiger partial charge on any atom is 0.227 e. The van der Waals surface area contributed by atoms with Crippen LogP contribution < -0.4 is 10.2 Å². The maximum absolute atomic E-state index is 12.1. The molecule has 0 spiro atoms. The number of thiophene rings is 1. The lowest BCUT2D eigenvalue weighted by Gasteiger charge is -2.16. The number of para-hydroxylation sites is 1. The van der Waals surface area contributed by atoms with Crippen LogP contribution in [0.3, 0.4) is 0 Å². The van der Waals surface area contributed by atoms with Crippen LogP contribution in [-0.4, -0.2) is 24.9 Å². The fraction of sp³-hybridized carbons (Fsp3) is 0.333. The largest absolute Gasteiger partial charge is 0.356 e. The van der Waals surface area contributed by atoms with Crippen LogP contribution in [0.5, 0.6) is 0 Å². The minimum atomic E-state index is 0.0593. The molecule has 0 aliphatic carbocycles. The van der Waals surface area contributed by atoms with Crippen molar-refractivity contribution >= 4 is 28.8 Å². The lowest BCUT2D eigenvalue weighted by molar-refractivity contribution is -0.121. The normalized spacial score (nSPS) is 17.5. The van der Waals surface area contributed by atoms with Crippen molar-refractivity contribution in [2.75, 3.05) is 18.0 Å². The Kier molecular flexibility index (Phi) is 5.08. The summed E-state index contributed by atoms with van der Waals surface area (Å²) in [5, 5.41) is 4.99. The van der Waals surface area contributed by atoms with E-state index in [-0.39, 0.29) is 17.7 Å². The van der Waals surface area contributed by atoms with Gasteiger partial charge in [-0.1, -0.05) is 24.3 Å². The van der Waals surface area contributed by atoms with Gasteiger partial charge in [-0.3, -0.25) is 9.59 Å². The number of benzene rings is 1. The Morgan fingerprint density at radius 3 is 2.78 bits per heavy atom. The van der Waals surface area contributed by atoms with Gasteiger partial charge in [0.05, 0.1) is 0 Å². The minimum absolute atomic E-state index is 0.0593. The molecule has 23 heavy (non-hydrogen) atoms. The Balaban J connectivity index is 1.44. The number of hydrogen-bond donors (Lipinski definition) is 1. The number of nitrogens with one attached hydrogen (secondary N) is 1. The highest BCUT2D eigenvalue weighted by atomic mass is 32.1. The summed E-state index contributed by atoms with van der Waals surface area (Å²) in [6, 6.07) is 13.7. The van der Waals surface area contributed by atoms with E-state index in [9.17, 15) is 9.59 Å². The van der Waals surface area contributed by atoms with Gasteiger partial charge in [0.25, 0.3) is 0 Å². The summed E-state index contributed by atoms with van der Waals surface area (Å²) in [7, 11) is 0. The predicted octanol–water partition coefficient (Wildman–Crippen LogP) is 2.85.